The number of aliphatic hydroxyl groups excluding tert-OH is 1. The van der Waals surface area contributed by atoms with Gasteiger partial charge in [0.2, 0.25) is 10.0 Å². The SMILES string of the molecule is Nc1ccc(S(=O)(=O)NC2(CO)CCC2)c(Br)c1. The number of hydrogen-bond donors (Lipinski definition) is 3. The lowest BCUT2D eigenvalue weighted by atomic mass is 9.78. The topological polar surface area (TPSA) is 92.4 Å². The Morgan fingerprint density at radius 3 is 2.56 bits per heavy atom. The van der Waals surface area contributed by atoms with E-state index in [9.17, 15) is 13.5 Å². The first-order chi connectivity index (χ1) is 8.38. The minimum Gasteiger partial charge on any atom is -0.399 e. The first-order valence-electron chi connectivity index (χ1n) is 5.58. The highest BCUT2D eigenvalue weighted by Gasteiger charge is 2.40. The van der Waals surface area contributed by atoms with E-state index in [1.807, 2.05) is 0 Å². The van der Waals surface area contributed by atoms with Crippen LogP contribution in [0.3, 0.4) is 0 Å². The molecule has 5 nitrogen and oxygen atoms in total. The van der Waals surface area contributed by atoms with Crippen LogP contribution in [0.25, 0.3) is 0 Å². The lowest BCUT2D eigenvalue weighted by Crippen LogP contribution is -2.55. The van der Waals surface area contributed by atoms with Crippen LogP contribution < -0.4 is 10.5 Å². The second-order valence-corrected chi connectivity index (χ2v) is 7.09. The quantitative estimate of drug-likeness (QED) is 0.722. The number of hydrogen-bond acceptors (Lipinski definition) is 4. The highest BCUT2D eigenvalue weighted by Crippen LogP contribution is 2.34. The molecule has 0 saturated heterocycles. The van der Waals surface area contributed by atoms with E-state index in [2.05, 4.69) is 20.7 Å². The summed E-state index contributed by atoms with van der Waals surface area (Å²) in [5.41, 5.74) is 5.37. The van der Waals surface area contributed by atoms with Crippen molar-refractivity contribution in [2.75, 3.05) is 12.3 Å². The highest BCUT2D eigenvalue weighted by atomic mass is 79.9. The molecule has 100 valence electrons. The van der Waals surface area contributed by atoms with Gasteiger partial charge >= 0.3 is 0 Å². The summed E-state index contributed by atoms with van der Waals surface area (Å²) in [6.45, 7) is -0.182. The van der Waals surface area contributed by atoms with Crippen LogP contribution in [0.15, 0.2) is 27.6 Å². The molecule has 18 heavy (non-hydrogen) atoms. The van der Waals surface area contributed by atoms with Crippen LogP contribution >= 0.6 is 15.9 Å². The third-order valence-corrected chi connectivity index (χ3v) is 5.76. The molecule has 0 aliphatic heterocycles. The fourth-order valence-electron chi connectivity index (χ4n) is 1.97. The molecule has 0 atom stereocenters. The molecular weight excluding hydrogens is 320 g/mol. The number of rotatable bonds is 4. The maximum atomic E-state index is 12.2. The van der Waals surface area contributed by atoms with Gasteiger partial charge in [0.1, 0.15) is 0 Å². The Morgan fingerprint density at radius 2 is 2.11 bits per heavy atom. The van der Waals surface area contributed by atoms with E-state index in [1.54, 1.807) is 6.07 Å². The average Bonchev–Trinajstić information content (AvgIpc) is 2.23. The summed E-state index contributed by atoms with van der Waals surface area (Å²) in [6.07, 6.45) is 2.25. The van der Waals surface area contributed by atoms with Crippen molar-refractivity contribution in [1.29, 1.82) is 0 Å². The van der Waals surface area contributed by atoms with Gasteiger partial charge in [-0.2, -0.15) is 0 Å². The second kappa shape index (κ2) is 4.80. The van der Waals surface area contributed by atoms with Crippen LogP contribution in [-0.4, -0.2) is 25.7 Å². The molecule has 0 heterocycles. The molecule has 2 rings (SSSR count). The normalized spacial score (nSPS) is 18.3. The summed E-state index contributed by atoms with van der Waals surface area (Å²) >= 11 is 3.19. The van der Waals surface area contributed by atoms with Gasteiger partial charge < -0.3 is 10.8 Å². The predicted octanol–water partition coefficient (Wildman–Crippen LogP) is 1.22. The maximum absolute atomic E-state index is 12.2. The van der Waals surface area contributed by atoms with Gasteiger partial charge in [0, 0.05) is 10.2 Å². The van der Waals surface area contributed by atoms with Gasteiger partial charge in [-0.3, -0.25) is 0 Å². The molecule has 7 heteroatoms. The molecule has 0 amide bonds. The molecule has 0 spiro atoms. The number of aliphatic hydroxyl groups is 1. The van der Waals surface area contributed by atoms with Crippen molar-refractivity contribution >= 4 is 31.6 Å². The lowest BCUT2D eigenvalue weighted by molar-refractivity contribution is 0.110. The minimum absolute atomic E-state index is 0.136. The van der Waals surface area contributed by atoms with Crippen molar-refractivity contribution in [1.82, 2.24) is 4.72 Å². The van der Waals surface area contributed by atoms with Crippen molar-refractivity contribution in [2.24, 2.45) is 0 Å². The monoisotopic (exact) mass is 334 g/mol. The smallest absolute Gasteiger partial charge is 0.242 e. The number of nitrogens with one attached hydrogen (secondary N) is 1. The lowest BCUT2D eigenvalue weighted by Gasteiger charge is -2.40. The first kappa shape index (κ1) is 13.8. The van der Waals surface area contributed by atoms with Crippen molar-refractivity contribution in [3.63, 3.8) is 0 Å². The summed E-state index contributed by atoms with van der Waals surface area (Å²) < 4.78 is 27.5. The third-order valence-electron chi connectivity index (χ3n) is 3.21. The Morgan fingerprint density at radius 1 is 1.44 bits per heavy atom. The largest absolute Gasteiger partial charge is 0.399 e. The summed E-state index contributed by atoms with van der Waals surface area (Å²) in [4.78, 5) is 0.136. The molecule has 0 bridgehead atoms. The molecule has 1 aliphatic rings. The Hall–Kier alpha value is -0.630. The van der Waals surface area contributed by atoms with E-state index in [4.69, 9.17) is 5.73 Å². The summed E-state index contributed by atoms with van der Waals surface area (Å²) in [5.74, 6) is 0. The van der Waals surface area contributed by atoms with E-state index >= 15 is 0 Å². The summed E-state index contributed by atoms with van der Waals surface area (Å²) in [7, 11) is -3.65. The molecule has 1 aromatic carbocycles. The fraction of sp³-hybridized carbons (Fsp3) is 0.455. The maximum Gasteiger partial charge on any atom is 0.242 e. The van der Waals surface area contributed by atoms with Gasteiger partial charge in [0.05, 0.1) is 17.0 Å². The van der Waals surface area contributed by atoms with Gasteiger partial charge in [-0.25, -0.2) is 13.1 Å². The standard InChI is InChI=1S/C11H15BrN2O3S/c12-9-6-8(13)2-3-10(9)18(16,17)14-11(7-15)4-1-5-11/h2-3,6,14-15H,1,4-5,7,13H2. The number of benzene rings is 1. The van der Waals surface area contributed by atoms with Crippen molar-refractivity contribution in [2.45, 2.75) is 29.7 Å². The van der Waals surface area contributed by atoms with Gasteiger partial charge in [-0.15, -0.1) is 0 Å². The molecular formula is C11H15BrN2O3S. The Balaban J connectivity index is 2.31. The van der Waals surface area contributed by atoms with Crippen LogP contribution in [0.1, 0.15) is 19.3 Å². The number of nitrogen functional groups attached to an aromatic ring is 1. The number of halogens is 1. The van der Waals surface area contributed by atoms with Crippen molar-refractivity contribution < 1.29 is 13.5 Å². The van der Waals surface area contributed by atoms with Crippen molar-refractivity contribution in [3.8, 4) is 0 Å². The van der Waals surface area contributed by atoms with E-state index in [-0.39, 0.29) is 11.5 Å². The van der Waals surface area contributed by atoms with E-state index in [0.29, 0.717) is 23.0 Å². The van der Waals surface area contributed by atoms with E-state index in [0.717, 1.165) is 6.42 Å². The molecule has 1 aromatic rings. The van der Waals surface area contributed by atoms with Gasteiger partial charge in [0.25, 0.3) is 0 Å². The van der Waals surface area contributed by atoms with Gasteiger partial charge in [-0.05, 0) is 53.4 Å². The number of anilines is 1. The van der Waals surface area contributed by atoms with E-state index < -0.39 is 15.6 Å². The first-order valence-corrected chi connectivity index (χ1v) is 7.86. The Labute approximate surface area is 115 Å². The molecule has 0 aromatic heterocycles. The minimum atomic E-state index is -3.65. The molecule has 1 aliphatic carbocycles. The number of nitrogens with two attached hydrogens (primary N) is 1. The third kappa shape index (κ3) is 2.54. The zero-order chi connectivity index (χ0) is 13.4. The fourth-order valence-corrected chi connectivity index (χ4v) is 4.52. The average molecular weight is 335 g/mol. The molecule has 0 radical (unpaired) electrons. The second-order valence-electron chi connectivity index (χ2n) is 4.59. The van der Waals surface area contributed by atoms with Crippen LogP contribution in [0, 0.1) is 0 Å². The molecule has 4 N–H and O–H groups in total. The van der Waals surface area contributed by atoms with Crippen LogP contribution in [0.4, 0.5) is 5.69 Å². The molecule has 1 saturated carbocycles. The van der Waals surface area contributed by atoms with Crippen LogP contribution in [0.5, 0.6) is 0 Å². The summed E-state index contributed by atoms with van der Waals surface area (Å²) in [6, 6.07) is 4.53. The zero-order valence-electron chi connectivity index (χ0n) is 9.69. The molecule has 0 unspecified atom stereocenters. The predicted molar refractivity (Wildman–Crippen MR) is 72.5 cm³/mol. The number of sulfonamides is 1. The molecule has 1 fully saturated rings. The Kier molecular flexibility index (Phi) is 3.68. The van der Waals surface area contributed by atoms with Crippen molar-refractivity contribution in [3.05, 3.63) is 22.7 Å². The summed E-state index contributed by atoms with van der Waals surface area (Å²) in [5, 5.41) is 9.30. The van der Waals surface area contributed by atoms with Crippen LogP contribution in [-0.2, 0) is 10.0 Å². The van der Waals surface area contributed by atoms with Gasteiger partial charge in [-0.1, -0.05) is 0 Å². The van der Waals surface area contributed by atoms with Crippen LogP contribution in [0.2, 0.25) is 0 Å². The highest BCUT2D eigenvalue weighted by molar-refractivity contribution is 9.10. The van der Waals surface area contributed by atoms with Gasteiger partial charge in [0.15, 0.2) is 0 Å². The Bertz CT molecular complexity index is 550. The zero-order valence-corrected chi connectivity index (χ0v) is 12.1. The van der Waals surface area contributed by atoms with E-state index in [1.165, 1.54) is 12.1 Å².